The predicted octanol–water partition coefficient (Wildman–Crippen LogP) is 1.98. The number of quaternary nitrogens is 1. The van der Waals surface area contributed by atoms with Crippen LogP contribution in [0.1, 0.15) is 37.1 Å². The molecule has 2 atom stereocenters. The van der Waals surface area contributed by atoms with Crippen LogP contribution in [0.5, 0.6) is 0 Å². The van der Waals surface area contributed by atoms with E-state index in [1.165, 1.54) is 37.3 Å². The third-order valence-corrected chi connectivity index (χ3v) is 5.19. The molecule has 1 aromatic heterocycles. The van der Waals surface area contributed by atoms with E-state index in [-0.39, 0.29) is 0 Å². The molecule has 1 fully saturated rings. The van der Waals surface area contributed by atoms with Crippen LogP contribution < -0.4 is 4.90 Å². The van der Waals surface area contributed by atoms with Crippen molar-refractivity contribution in [1.82, 2.24) is 14.8 Å². The van der Waals surface area contributed by atoms with Crippen molar-refractivity contribution >= 4 is 11.8 Å². The Kier molecular flexibility index (Phi) is 5.16. The van der Waals surface area contributed by atoms with Crippen molar-refractivity contribution in [1.29, 1.82) is 0 Å². The summed E-state index contributed by atoms with van der Waals surface area (Å²) in [7, 11) is 0. The van der Waals surface area contributed by atoms with Crippen LogP contribution >= 0.6 is 11.8 Å². The number of piperidine rings is 1. The maximum atomic E-state index is 4.50. The minimum absolute atomic E-state index is 0.542. The Morgan fingerprint density at radius 1 is 1.27 bits per heavy atom. The minimum atomic E-state index is 0.542. The zero-order chi connectivity index (χ0) is 15.4. The smallest absolute Gasteiger partial charge is 0.190 e. The molecule has 0 spiro atoms. The summed E-state index contributed by atoms with van der Waals surface area (Å²) in [5, 5.41) is 9.91. The molecule has 0 amide bonds. The summed E-state index contributed by atoms with van der Waals surface area (Å²) in [5.74, 6) is 1.73. The molecule has 118 valence electrons. The van der Waals surface area contributed by atoms with Crippen molar-refractivity contribution in [3.05, 3.63) is 41.7 Å². The molecule has 4 nitrogen and oxygen atoms in total. The lowest BCUT2D eigenvalue weighted by molar-refractivity contribution is -0.920. The molecule has 2 heterocycles. The lowest BCUT2D eigenvalue weighted by Gasteiger charge is -2.29. The first-order chi connectivity index (χ1) is 10.8. The maximum Gasteiger partial charge on any atom is 0.190 e. The fourth-order valence-electron chi connectivity index (χ4n) is 3.47. The van der Waals surface area contributed by atoms with Crippen LogP contribution in [0.15, 0.2) is 35.5 Å². The standard InChI is InChI=1S/C17H24N4S/c1-3-21-16(18-19-17(21)22-2)15-10-7-11-20(13-15)12-14-8-5-4-6-9-14/h4-6,8-9,15H,3,7,10-13H2,1-2H3/p+1/t15-/m0/s1. The molecule has 1 aliphatic heterocycles. The van der Waals surface area contributed by atoms with Gasteiger partial charge >= 0.3 is 0 Å². The van der Waals surface area contributed by atoms with Crippen molar-refractivity contribution in [2.75, 3.05) is 19.3 Å². The molecule has 0 bridgehead atoms. The molecule has 0 aliphatic carbocycles. The van der Waals surface area contributed by atoms with Crippen LogP contribution in [0.2, 0.25) is 0 Å². The lowest BCUT2D eigenvalue weighted by Crippen LogP contribution is -3.12. The molecule has 1 unspecified atom stereocenters. The Bertz CT molecular complexity index is 596. The van der Waals surface area contributed by atoms with Gasteiger partial charge in [-0.05, 0) is 26.0 Å². The highest BCUT2D eigenvalue weighted by molar-refractivity contribution is 7.98. The number of nitrogens with zero attached hydrogens (tertiary/aromatic N) is 3. The number of rotatable bonds is 5. The Hall–Kier alpha value is -1.33. The van der Waals surface area contributed by atoms with Gasteiger partial charge in [0.1, 0.15) is 12.4 Å². The summed E-state index contributed by atoms with van der Waals surface area (Å²) in [6.45, 7) is 6.70. The molecular formula is C17H25N4S+. The summed E-state index contributed by atoms with van der Waals surface area (Å²) >= 11 is 1.69. The van der Waals surface area contributed by atoms with Crippen LogP contribution in [0.25, 0.3) is 0 Å². The molecule has 1 N–H and O–H groups in total. The number of thioether (sulfide) groups is 1. The number of benzene rings is 1. The highest BCUT2D eigenvalue weighted by atomic mass is 32.2. The Morgan fingerprint density at radius 3 is 2.82 bits per heavy atom. The quantitative estimate of drug-likeness (QED) is 0.857. The second-order valence-electron chi connectivity index (χ2n) is 5.99. The van der Waals surface area contributed by atoms with Gasteiger partial charge in [-0.25, -0.2) is 0 Å². The van der Waals surface area contributed by atoms with Crippen molar-refractivity contribution in [2.24, 2.45) is 0 Å². The summed E-state index contributed by atoms with van der Waals surface area (Å²) in [4.78, 5) is 1.67. The van der Waals surface area contributed by atoms with Gasteiger partial charge in [-0.15, -0.1) is 10.2 Å². The highest BCUT2D eigenvalue weighted by Crippen LogP contribution is 2.24. The SMILES string of the molecule is CCn1c(SC)nnc1[C@H]1CCC[NH+](Cc2ccccc2)C1. The van der Waals surface area contributed by atoms with Gasteiger partial charge in [0, 0.05) is 12.1 Å². The van der Waals surface area contributed by atoms with E-state index in [4.69, 9.17) is 0 Å². The molecule has 2 aromatic rings. The molecule has 0 radical (unpaired) electrons. The van der Waals surface area contributed by atoms with E-state index >= 15 is 0 Å². The van der Waals surface area contributed by atoms with E-state index in [1.54, 1.807) is 16.7 Å². The zero-order valence-electron chi connectivity index (χ0n) is 13.5. The van der Waals surface area contributed by atoms with Gasteiger partial charge in [0.15, 0.2) is 5.16 Å². The average molecular weight is 317 g/mol. The first kappa shape index (κ1) is 15.6. The van der Waals surface area contributed by atoms with Crippen molar-refractivity contribution in [2.45, 2.75) is 43.9 Å². The first-order valence-electron chi connectivity index (χ1n) is 8.16. The summed E-state index contributed by atoms with van der Waals surface area (Å²) in [5.41, 5.74) is 1.43. The Morgan fingerprint density at radius 2 is 2.09 bits per heavy atom. The zero-order valence-corrected chi connectivity index (χ0v) is 14.3. The van der Waals surface area contributed by atoms with E-state index in [1.807, 2.05) is 0 Å². The fraction of sp³-hybridized carbons (Fsp3) is 0.529. The Balaban J connectivity index is 1.72. The van der Waals surface area contributed by atoms with Gasteiger partial charge in [0.2, 0.25) is 0 Å². The third-order valence-electron chi connectivity index (χ3n) is 4.52. The third kappa shape index (κ3) is 3.36. The molecular weight excluding hydrogens is 292 g/mol. The minimum Gasteiger partial charge on any atom is -0.331 e. The van der Waals surface area contributed by atoms with Crippen molar-refractivity contribution < 1.29 is 4.90 Å². The van der Waals surface area contributed by atoms with E-state index in [0.717, 1.165) is 18.2 Å². The van der Waals surface area contributed by atoms with E-state index < -0.39 is 0 Å². The summed E-state index contributed by atoms with van der Waals surface area (Å²) in [6, 6.07) is 10.8. The van der Waals surface area contributed by atoms with E-state index in [0.29, 0.717) is 5.92 Å². The Labute approximate surface area is 136 Å². The normalized spacial score (nSPS) is 21.9. The number of hydrogen-bond donors (Lipinski definition) is 1. The maximum absolute atomic E-state index is 4.50. The molecule has 0 saturated carbocycles. The van der Waals surface area contributed by atoms with Crippen molar-refractivity contribution in [3.63, 3.8) is 0 Å². The fourth-order valence-corrected chi connectivity index (χ4v) is 4.03. The second kappa shape index (κ2) is 7.29. The van der Waals surface area contributed by atoms with Gasteiger partial charge in [-0.1, -0.05) is 42.1 Å². The van der Waals surface area contributed by atoms with Crippen LogP contribution in [0.4, 0.5) is 0 Å². The summed E-state index contributed by atoms with van der Waals surface area (Å²) in [6.07, 6.45) is 4.59. The summed E-state index contributed by atoms with van der Waals surface area (Å²) < 4.78 is 2.29. The van der Waals surface area contributed by atoms with Gasteiger partial charge in [-0.2, -0.15) is 0 Å². The number of nitrogens with one attached hydrogen (secondary N) is 1. The molecule has 5 heteroatoms. The van der Waals surface area contributed by atoms with Gasteiger partial charge < -0.3 is 9.47 Å². The van der Waals surface area contributed by atoms with Crippen LogP contribution in [0, 0.1) is 0 Å². The first-order valence-corrected chi connectivity index (χ1v) is 9.38. The largest absolute Gasteiger partial charge is 0.331 e. The monoisotopic (exact) mass is 317 g/mol. The second-order valence-corrected chi connectivity index (χ2v) is 6.77. The van der Waals surface area contributed by atoms with E-state index in [9.17, 15) is 0 Å². The molecule has 3 rings (SSSR count). The topological polar surface area (TPSA) is 35.1 Å². The molecule has 1 saturated heterocycles. The van der Waals surface area contributed by atoms with Crippen LogP contribution in [-0.2, 0) is 13.1 Å². The van der Waals surface area contributed by atoms with Crippen LogP contribution in [-0.4, -0.2) is 34.1 Å². The molecule has 1 aliphatic rings. The highest BCUT2D eigenvalue weighted by Gasteiger charge is 2.29. The molecule has 22 heavy (non-hydrogen) atoms. The van der Waals surface area contributed by atoms with Crippen molar-refractivity contribution in [3.8, 4) is 0 Å². The predicted molar refractivity (Wildman–Crippen MR) is 90.3 cm³/mol. The lowest BCUT2D eigenvalue weighted by atomic mass is 9.96. The van der Waals surface area contributed by atoms with E-state index in [2.05, 4.69) is 58.3 Å². The molecule has 1 aromatic carbocycles. The number of likely N-dealkylation sites (tertiary alicyclic amines) is 1. The average Bonchev–Trinajstić information content (AvgIpc) is 2.99. The number of hydrogen-bond acceptors (Lipinski definition) is 3. The van der Waals surface area contributed by atoms with Gasteiger partial charge in [-0.3, -0.25) is 0 Å². The van der Waals surface area contributed by atoms with Gasteiger partial charge in [0.05, 0.1) is 19.0 Å². The van der Waals surface area contributed by atoms with Gasteiger partial charge in [0.25, 0.3) is 0 Å². The number of aromatic nitrogens is 3. The van der Waals surface area contributed by atoms with Crippen LogP contribution in [0.3, 0.4) is 0 Å².